The third-order valence-electron chi connectivity index (χ3n) is 16.2. The van der Waals surface area contributed by atoms with Crippen LogP contribution < -0.4 is 0 Å². The van der Waals surface area contributed by atoms with Crippen molar-refractivity contribution in [1.29, 1.82) is 0 Å². The number of carboxylic acid groups (broad SMARTS) is 1. The number of aliphatic hydroxyl groups excluding tert-OH is 5. The first-order valence-corrected chi connectivity index (χ1v) is 20.2. The van der Waals surface area contributed by atoms with Crippen LogP contribution in [0.5, 0.6) is 0 Å². The van der Waals surface area contributed by atoms with Crippen molar-refractivity contribution in [3.8, 4) is 0 Å². The van der Waals surface area contributed by atoms with Crippen molar-refractivity contribution in [3.05, 3.63) is 11.6 Å². The average Bonchev–Trinajstić information content (AvgIpc) is 3.07. The van der Waals surface area contributed by atoms with E-state index in [4.69, 9.17) is 18.9 Å². The van der Waals surface area contributed by atoms with Gasteiger partial charge in [-0.25, -0.2) is 0 Å². The maximum atomic E-state index is 12.9. The quantitative estimate of drug-likeness (QED) is 0.160. The molecule has 4 saturated carbocycles. The first-order valence-electron chi connectivity index (χ1n) is 20.2. The molecule has 7 rings (SSSR count). The van der Waals surface area contributed by atoms with Crippen LogP contribution in [-0.4, -0.2) is 105 Å². The second-order valence-corrected chi connectivity index (χ2v) is 19.8. The Kier molecular flexibility index (Phi) is 10.4. The van der Waals surface area contributed by atoms with E-state index in [1.54, 1.807) is 0 Å². The van der Waals surface area contributed by atoms with Crippen LogP contribution in [0.1, 0.15) is 119 Å². The van der Waals surface area contributed by atoms with Crippen LogP contribution in [0.15, 0.2) is 11.6 Å². The standard InChI is InChI=1S/C41H66O11/c1-37(2)15-16-41(36(47)48)14-9-23-22(24(41)19-37)7-8-30-39(23,5)12-10-29-38(3,4)31(11-13-40(29,30)6)51-32-18-26(45)35(28(21-43)50-32)52-33-17-25(44)34(46)27(20-42)49-33/h7,23-35,42-46H,8-21H2,1-6H3,(H,47,48)/t23?,24-,25+,26+,27+,28+,29?,30?,31-,32?,33?,34+,35+,39-,40-,41+/m0/s1. The van der Waals surface area contributed by atoms with Gasteiger partial charge in [0.1, 0.15) is 24.4 Å². The zero-order valence-corrected chi connectivity index (χ0v) is 32.2. The Labute approximate surface area is 309 Å². The molecule has 16 atom stereocenters. The number of aliphatic hydroxyl groups is 5. The molecule has 2 saturated heterocycles. The van der Waals surface area contributed by atoms with Crippen LogP contribution in [0.25, 0.3) is 0 Å². The van der Waals surface area contributed by atoms with E-state index < -0.39 is 73.8 Å². The lowest BCUT2D eigenvalue weighted by Gasteiger charge is -2.68. The van der Waals surface area contributed by atoms with Gasteiger partial charge >= 0.3 is 5.97 Å². The van der Waals surface area contributed by atoms with Crippen molar-refractivity contribution in [3.63, 3.8) is 0 Å². The Hall–Kier alpha value is -1.15. The Morgan fingerprint density at radius 3 is 2.12 bits per heavy atom. The molecule has 5 unspecified atom stereocenters. The highest BCUT2D eigenvalue weighted by Crippen LogP contribution is 2.72. The molecule has 11 nitrogen and oxygen atoms in total. The third-order valence-corrected chi connectivity index (χ3v) is 16.2. The molecule has 0 amide bonds. The number of fused-ring (bicyclic) bond motifs is 7. The molecule has 6 N–H and O–H groups in total. The number of hydrogen-bond donors (Lipinski definition) is 6. The summed E-state index contributed by atoms with van der Waals surface area (Å²) >= 11 is 0. The molecule has 7 aliphatic rings. The zero-order valence-electron chi connectivity index (χ0n) is 32.2. The number of hydrogen-bond acceptors (Lipinski definition) is 10. The molecule has 11 heteroatoms. The van der Waals surface area contributed by atoms with Gasteiger partial charge in [-0.2, -0.15) is 0 Å². The fourth-order valence-electron chi connectivity index (χ4n) is 13.3. The summed E-state index contributed by atoms with van der Waals surface area (Å²) in [6.45, 7) is 13.4. The molecule has 0 spiro atoms. The Balaban J connectivity index is 1.05. The molecule has 5 aliphatic carbocycles. The number of allylic oxidation sites excluding steroid dienone is 2. The van der Waals surface area contributed by atoms with Crippen LogP contribution in [0.4, 0.5) is 0 Å². The summed E-state index contributed by atoms with van der Waals surface area (Å²) in [7, 11) is 0. The fraction of sp³-hybridized carbons (Fsp3) is 0.927. The summed E-state index contributed by atoms with van der Waals surface area (Å²) in [4.78, 5) is 12.9. The van der Waals surface area contributed by atoms with Crippen molar-refractivity contribution in [2.45, 2.75) is 174 Å². The van der Waals surface area contributed by atoms with E-state index in [0.717, 1.165) is 64.2 Å². The lowest BCUT2D eigenvalue weighted by Crippen LogP contribution is -2.63. The smallest absolute Gasteiger partial charge is 0.310 e. The lowest BCUT2D eigenvalue weighted by molar-refractivity contribution is -0.332. The van der Waals surface area contributed by atoms with Gasteiger partial charge < -0.3 is 49.6 Å². The van der Waals surface area contributed by atoms with Gasteiger partial charge in [0.05, 0.1) is 36.9 Å². The molecule has 52 heavy (non-hydrogen) atoms. The van der Waals surface area contributed by atoms with Gasteiger partial charge in [0.15, 0.2) is 12.6 Å². The molecule has 0 aromatic rings. The molecular weight excluding hydrogens is 668 g/mol. The minimum absolute atomic E-state index is 0.0465. The third kappa shape index (κ3) is 6.24. The second-order valence-electron chi connectivity index (χ2n) is 19.8. The SMILES string of the molecule is CC1(C)CC[C@]2(C(=O)O)CCC3C(=CCC4[C@@]3(C)CCC3C(C)(C)[C@@H](OC5C[C@@H](O)[C@@H](OC6C[C@@H](O)[C@@H](O)[C@@H](CO)O6)[C@@H](CO)O5)CC[C@@]34C)[C@@H]2C1. The maximum absolute atomic E-state index is 12.9. The number of aliphatic carboxylic acids is 1. The van der Waals surface area contributed by atoms with Crippen molar-refractivity contribution in [2.24, 2.45) is 50.7 Å². The van der Waals surface area contributed by atoms with Gasteiger partial charge in [-0.3, -0.25) is 4.79 Å². The summed E-state index contributed by atoms with van der Waals surface area (Å²) in [5, 5.41) is 62.1. The van der Waals surface area contributed by atoms with Crippen LogP contribution in [-0.2, 0) is 23.7 Å². The van der Waals surface area contributed by atoms with E-state index in [1.807, 2.05) is 0 Å². The molecule has 296 valence electrons. The molecule has 2 aliphatic heterocycles. The van der Waals surface area contributed by atoms with E-state index in [9.17, 15) is 35.4 Å². The highest BCUT2D eigenvalue weighted by atomic mass is 16.7. The minimum atomic E-state index is -1.25. The maximum Gasteiger partial charge on any atom is 0.310 e. The largest absolute Gasteiger partial charge is 0.481 e. The van der Waals surface area contributed by atoms with Gasteiger partial charge in [0.25, 0.3) is 0 Å². The highest BCUT2D eigenvalue weighted by Gasteiger charge is 2.66. The van der Waals surface area contributed by atoms with Gasteiger partial charge in [0.2, 0.25) is 0 Å². The molecule has 6 fully saturated rings. The second kappa shape index (κ2) is 13.8. The van der Waals surface area contributed by atoms with Crippen LogP contribution >= 0.6 is 0 Å². The Morgan fingerprint density at radius 1 is 0.769 bits per heavy atom. The van der Waals surface area contributed by atoms with Crippen LogP contribution in [0, 0.1) is 50.7 Å². The monoisotopic (exact) mass is 734 g/mol. The Morgan fingerprint density at radius 2 is 1.42 bits per heavy atom. The fourth-order valence-corrected chi connectivity index (χ4v) is 13.3. The van der Waals surface area contributed by atoms with Crippen LogP contribution in [0.3, 0.4) is 0 Å². The summed E-state index contributed by atoms with van der Waals surface area (Å²) in [5.74, 6) is 0.871. The average molecular weight is 735 g/mol. The predicted molar refractivity (Wildman–Crippen MR) is 191 cm³/mol. The zero-order chi connectivity index (χ0) is 37.6. The normalized spacial score (nSPS) is 51.2. The van der Waals surface area contributed by atoms with Crippen molar-refractivity contribution in [2.75, 3.05) is 13.2 Å². The van der Waals surface area contributed by atoms with E-state index in [0.29, 0.717) is 17.8 Å². The highest BCUT2D eigenvalue weighted by molar-refractivity contribution is 5.76. The van der Waals surface area contributed by atoms with Crippen molar-refractivity contribution >= 4 is 5.97 Å². The lowest BCUT2D eigenvalue weighted by atomic mass is 9.37. The Bertz CT molecular complexity index is 1370. The first-order chi connectivity index (χ1) is 24.4. The number of rotatable bonds is 7. The van der Waals surface area contributed by atoms with E-state index >= 15 is 0 Å². The topological polar surface area (TPSA) is 175 Å². The number of ether oxygens (including phenoxy) is 4. The molecule has 0 bridgehead atoms. The van der Waals surface area contributed by atoms with Gasteiger partial charge in [-0.1, -0.05) is 53.2 Å². The van der Waals surface area contributed by atoms with Gasteiger partial charge in [0, 0.05) is 12.8 Å². The minimum Gasteiger partial charge on any atom is -0.481 e. The molecule has 2 heterocycles. The van der Waals surface area contributed by atoms with Crippen LogP contribution in [0.2, 0.25) is 0 Å². The predicted octanol–water partition coefficient (Wildman–Crippen LogP) is 4.55. The number of carboxylic acids is 1. The molecular formula is C41H66O11. The van der Waals surface area contributed by atoms with Gasteiger partial charge in [-0.15, -0.1) is 0 Å². The van der Waals surface area contributed by atoms with E-state index in [-0.39, 0.29) is 46.5 Å². The van der Waals surface area contributed by atoms with Crippen molar-refractivity contribution in [1.82, 2.24) is 0 Å². The summed E-state index contributed by atoms with van der Waals surface area (Å²) in [5.41, 5.74) is 1.03. The summed E-state index contributed by atoms with van der Waals surface area (Å²) in [6, 6.07) is 0. The van der Waals surface area contributed by atoms with E-state index in [2.05, 4.69) is 47.6 Å². The molecule has 0 aromatic carbocycles. The number of carbonyl (C=O) groups is 1. The van der Waals surface area contributed by atoms with Gasteiger partial charge in [-0.05, 0) is 110 Å². The summed E-state index contributed by atoms with van der Waals surface area (Å²) < 4.78 is 24.6. The molecule has 0 radical (unpaired) electrons. The van der Waals surface area contributed by atoms with Crippen molar-refractivity contribution < 1.29 is 54.4 Å². The summed E-state index contributed by atoms with van der Waals surface area (Å²) in [6.07, 6.45) is 4.00. The van der Waals surface area contributed by atoms with E-state index in [1.165, 1.54) is 5.57 Å². The first kappa shape index (κ1) is 39.1. The molecule has 0 aromatic heterocycles.